The third-order valence-corrected chi connectivity index (χ3v) is 4.23. The topological polar surface area (TPSA) is 78.1 Å². The Balaban J connectivity index is 1.67. The number of nitriles is 1. The van der Waals surface area contributed by atoms with Gasteiger partial charge in [0.15, 0.2) is 0 Å². The Bertz CT molecular complexity index is 767. The largest absolute Gasteiger partial charge is 0.353 e. The van der Waals surface area contributed by atoms with Crippen molar-refractivity contribution in [3.8, 4) is 6.07 Å². The van der Waals surface area contributed by atoms with Crippen molar-refractivity contribution in [1.29, 1.82) is 5.26 Å². The van der Waals surface area contributed by atoms with Crippen molar-refractivity contribution < 1.29 is 4.79 Å². The van der Waals surface area contributed by atoms with E-state index in [-0.39, 0.29) is 5.91 Å². The van der Waals surface area contributed by atoms with Crippen molar-refractivity contribution in [3.63, 3.8) is 0 Å². The van der Waals surface area contributed by atoms with Crippen LogP contribution in [0.1, 0.15) is 21.6 Å². The third-order valence-electron chi connectivity index (χ3n) is 4.23. The average molecular weight is 310 g/mol. The Morgan fingerprint density at radius 1 is 1.30 bits per heavy atom. The monoisotopic (exact) mass is 310 g/mol. The summed E-state index contributed by atoms with van der Waals surface area (Å²) in [6, 6.07) is 5.59. The number of hydrogen-bond donors (Lipinski definition) is 0. The van der Waals surface area contributed by atoms with Crippen LogP contribution in [0.3, 0.4) is 0 Å². The highest BCUT2D eigenvalue weighted by Gasteiger charge is 2.25. The van der Waals surface area contributed by atoms with E-state index >= 15 is 0 Å². The maximum atomic E-state index is 12.6. The first-order chi connectivity index (χ1) is 11.1. The SMILES string of the molecule is Cc1c(C(=O)N2CCN(c3cc(C#N)ccn3)CC2)cnn1C. The number of rotatable bonds is 2. The minimum absolute atomic E-state index is 0.0222. The second-order valence-electron chi connectivity index (χ2n) is 5.56. The van der Waals surface area contributed by atoms with Gasteiger partial charge < -0.3 is 9.80 Å². The lowest BCUT2D eigenvalue weighted by Crippen LogP contribution is -2.49. The highest BCUT2D eigenvalue weighted by atomic mass is 16.2. The summed E-state index contributed by atoms with van der Waals surface area (Å²) < 4.78 is 1.71. The minimum Gasteiger partial charge on any atom is -0.353 e. The molecule has 1 aliphatic heterocycles. The third kappa shape index (κ3) is 2.88. The van der Waals surface area contributed by atoms with Gasteiger partial charge in [-0.15, -0.1) is 0 Å². The number of carbonyl (C=O) groups is 1. The van der Waals surface area contributed by atoms with Crippen LogP contribution in [0.4, 0.5) is 5.82 Å². The first-order valence-electron chi connectivity index (χ1n) is 7.49. The van der Waals surface area contributed by atoms with Gasteiger partial charge in [0.25, 0.3) is 5.91 Å². The molecule has 1 amide bonds. The molecule has 0 bridgehead atoms. The van der Waals surface area contributed by atoms with Crippen LogP contribution in [0.15, 0.2) is 24.5 Å². The standard InChI is InChI=1S/C16H18N6O/c1-12-14(11-19-20(12)2)16(23)22-7-5-21(6-8-22)15-9-13(10-17)3-4-18-15/h3-4,9,11H,5-8H2,1-2H3. The smallest absolute Gasteiger partial charge is 0.257 e. The van der Waals surface area contributed by atoms with Crippen LogP contribution in [-0.4, -0.2) is 51.8 Å². The second kappa shape index (κ2) is 6.08. The summed E-state index contributed by atoms with van der Waals surface area (Å²) in [6.07, 6.45) is 3.27. The van der Waals surface area contributed by atoms with Crippen LogP contribution in [0.5, 0.6) is 0 Å². The van der Waals surface area contributed by atoms with Crippen molar-refractivity contribution in [2.75, 3.05) is 31.1 Å². The summed E-state index contributed by atoms with van der Waals surface area (Å²) >= 11 is 0. The summed E-state index contributed by atoms with van der Waals surface area (Å²) in [5, 5.41) is 13.1. The lowest BCUT2D eigenvalue weighted by Gasteiger charge is -2.35. The molecular weight excluding hydrogens is 292 g/mol. The zero-order chi connectivity index (χ0) is 16.4. The fourth-order valence-electron chi connectivity index (χ4n) is 2.68. The molecule has 0 aliphatic carbocycles. The molecule has 3 rings (SSSR count). The molecule has 3 heterocycles. The van der Waals surface area contributed by atoms with Crippen LogP contribution < -0.4 is 4.90 Å². The molecule has 0 saturated carbocycles. The first-order valence-corrected chi connectivity index (χ1v) is 7.49. The summed E-state index contributed by atoms with van der Waals surface area (Å²) in [4.78, 5) is 20.8. The Hall–Kier alpha value is -2.88. The molecule has 1 saturated heterocycles. The number of amides is 1. The number of aromatic nitrogens is 3. The molecule has 0 unspecified atom stereocenters. The number of anilines is 1. The summed E-state index contributed by atoms with van der Waals surface area (Å²) in [5.41, 5.74) is 2.13. The molecule has 0 spiro atoms. The van der Waals surface area contributed by atoms with Crippen LogP contribution in [-0.2, 0) is 7.05 Å². The van der Waals surface area contributed by atoms with Gasteiger partial charge in [-0.25, -0.2) is 4.98 Å². The molecule has 7 nitrogen and oxygen atoms in total. The van der Waals surface area contributed by atoms with Crippen molar-refractivity contribution in [2.24, 2.45) is 7.05 Å². The van der Waals surface area contributed by atoms with Gasteiger partial charge in [0.2, 0.25) is 0 Å². The predicted octanol–water partition coefficient (Wildman–Crippen LogP) is 0.958. The molecule has 118 valence electrons. The Morgan fingerprint density at radius 3 is 2.65 bits per heavy atom. The lowest BCUT2D eigenvalue weighted by atomic mass is 10.2. The lowest BCUT2D eigenvalue weighted by molar-refractivity contribution is 0.0745. The van der Waals surface area contributed by atoms with Crippen LogP contribution in [0, 0.1) is 18.3 Å². The van der Waals surface area contributed by atoms with Gasteiger partial charge in [-0.1, -0.05) is 0 Å². The van der Waals surface area contributed by atoms with Gasteiger partial charge in [0, 0.05) is 45.1 Å². The van der Waals surface area contributed by atoms with E-state index in [0.29, 0.717) is 37.3 Å². The molecule has 23 heavy (non-hydrogen) atoms. The number of piperazine rings is 1. The van der Waals surface area contributed by atoms with E-state index in [1.807, 2.05) is 18.9 Å². The maximum absolute atomic E-state index is 12.6. The summed E-state index contributed by atoms with van der Waals surface area (Å²) in [7, 11) is 1.83. The molecule has 2 aromatic heterocycles. The van der Waals surface area contributed by atoms with Crippen molar-refractivity contribution in [1.82, 2.24) is 19.7 Å². The molecule has 0 N–H and O–H groups in total. The Morgan fingerprint density at radius 2 is 2.04 bits per heavy atom. The minimum atomic E-state index is 0.0222. The van der Waals surface area contributed by atoms with Crippen LogP contribution in [0.25, 0.3) is 0 Å². The number of nitrogens with zero attached hydrogens (tertiary/aromatic N) is 6. The highest BCUT2D eigenvalue weighted by molar-refractivity contribution is 5.95. The van der Waals surface area contributed by atoms with Crippen LogP contribution in [0.2, 0.25) is 0 Å². The van der Waals surface area contributed by atoms with Gasteiger partial charge in [-0.2, -0.15) is 10.4 Å². The quantitative estimate of drug-likeness (QED) is 0.825. The van der Waals surface area contributed by atoms with Crippen molar-refractivity contribution in [2.45, 2.75) is 6.92 Å². The second-order valence-corrected chi connectivity index (χ2v) is 5.56. The molecular formula is C16H18N6O. The Kier molecular flexibility index (Phi) is 3.98. The molecule has 0 aromatic carbocycles. The van der Waals surface area contributed by atoms with E-state index in [2.05, 4.69) is 21.1 Å². The van der Waals surface area contributed by atoms with E-state index < -0.39 is 0 Å². The van der Waals surface area contributed by atoms with Gasteiger partial charge in [-0.3, -0.25) is 9.48 Å². The number of aryl methyl sites for hydroxylation is 1. The fraction of sp³-hybridized carbons (Fsp3) is 0.375. The molecule has 1 fully saturated rings. The number of pyridine rings is 1. The van der Waals surface area contributed by atoms with E-state index in [1.54, 1.807) is 29.2 Å². The maximum Gasteiger partial charge on any atom is 0.257 e. The van der Waals surface area contributed by atoms with Crippen molar-refractivity contribution in [3.05, 3.63) is 41.3 Å². The number of carbonyl (C=O) groups excluding carboxylic acids is 1. The van der Waals surface area contributed by atoms with E-state index in [0.717, 1.165) is 11.5 Å². The molecule has 1 aliphatic rings. The molecule has 7 heteroatoms. The van der Waals surface area contributed by atoms with E-state index in [4.69, 9.17) is 5.26 Å². The Labute approximate surface area is 134 Å². The summed E-state index contributed by atoms with van der Waals surface area (Å²) in [6.45, 7) is 4.56. The van der Waals surface area contributed by atoms with E-state index in [9.17, 15) is 4.79 Å². The fourth-order valence-corrected chi connectivity index (χ4v) is 2.68. The van der Waals surface area contributed by atoms with Crippen molar-refractivity contribution >= 4 is 11.7 Å². The summed E-state index contributed by atoms with van der Waals surface area (Å²) in [5.74, 6) is 0.808. The van der Waals surface area contributed by atoms with Gasteiger partial charge >= 0.3 is 0 Å². The van der Waals surface area contributed by atoms with Gasteiger partial charge in [0.05, 0.1) is 23.4 Å². The van der Waals surface area contributed by atoms with E-state index in [1.165, 1.54) is 0 Å². The predicted molar refractivity (Wildman–Crippen MR) is 85.0 cm³/mol. The highest BCUT2D eigenvalue weighted by Crippen LogP contribution is 2.17. The molecule has 2 aromatic rings. The molecule has 0 atom stereocenters. The molecule has 0 radical (unpaired) electrons. The zero-order valence-electron chi connectivity index (χ0n) is 13.2. The first kappa shape index (κ1) is 15.0. The number of hydrogen-bond acceptors (Lipinski definition) is 5. The van der Waals surface area contributed by atoms with Gasteiger partial charge in [-0.05, 0) is 19.1 Å². The zero-order valence-corrected chi connectivity index (χ0v) is 13.2. The normalized spacial score (nSPS) is 14.7. The average Bonchev–Trinajstić information content (AvgIpc) is 2.93. The van der Waals surface area contributed by atoms with Gasteiger partial charge in [0.1, 0.15) is 5.82 Å². The van der Waals surface area contributed by atoms with Crippen LogP contribution >= 0.6 is 0 Å².